The van der Waals surface area contributed by atoms with Gasteiger partial charge in [0, 0.05) is 13.1 Å². The van der Waals surface area contributed by atoms with E-state index in [1.165, 1.54) is 19.3 Å². The minimum Gasteiger partial charge on any atom is -0.466 e. The maximum absolute atomic E-state index is 10.4. The number of nitrogens with one attached hydrogen (secondary N) is 2. The molecule has 3 N–H and O–H groups in total. The Labute approximate surface area is 143 Å². The molecule has 1 aliphatic carbocycles. The lowest BCUT2D eigenvalue weighted by Crippen LogP contribution is -2.39. The van der Waals surface area contributed by atoms with Gasteiger partial charge in [0.15, 0.2) is 5.96 Å². The van der Waals surface area contributed by atoms with Gasteiger partial charge in [0.05, 0.1) is 12.8 Å². The van der Waals surface area contributed by atoms with E-state index < -0.39 is 5.60 Å². The molecule has 0 radical (unpaired) electrons. The summed E-state index contributed by atoms with van der Waals surface area (Å²) >= 11 is 0. The van der Waals surface area contributed by atoms with Crippen molar-refractivity contribution in [1.29, 1.82) is 0 Å². The molecule has 120 valence electrons. The normalized spacial score (nSPS) is 17.8. The first kappa shape index (κ1) is 18.3. The van der Waals surface area contributed by atoms with Gasteiger partial charge in [-0.05, 0) is 38.3 Å². The predicted octanol–water partition coefficient (Wildman–Crippen LogP) is 2.46. The average molecular weight is 407 g/mol. The molecule has 1 aromatic rings. The second-order valence-corrected chi connectivity index (χ2v) is 5.61. The van der Waals surface area contributed by atoms with Crippen LogP contribution in [-0.4, -0.2) is 30.7 Å². The van der Waals surface area contributed by atoms with Crippen molar-refractivity contribution in [2.24, 2.45) is 10.9 Å². The molecule has 1 heterocycles. The van der Waals surface area contributed by atoms with Crippen LogP contribution in [0, 0.1) is 5.92 Å². The number of aliphatic imine (C=N–C) groups is 1. The summed E-state index contributed by atoms with van der Waals surface area (Å²) < 4.78 is 5.25. The standard InChI is InChI=1S/C15H25N3O2.HI/c1-3-16-14(17-9-8-12-6-7-12)18-11-15(2,19)13-5-4-10-20-13;/h4-5,10,12,19H,3,6-9,11H2,1-2H3,(H2,16,17,18);1H. The minimum atomic E-state index is -1.08. The van der Waals surface area contributed by atoms with Gasteiger partial charge in [-0.25, -0.2) is 4.99 Å². The van der Waals surface area contributed by atoms with E-state index in [9.17, 15) is 5.11 Å². The van der Waals surface area contributed by atoms with Crippen molar-refractivity contribution in [2.45, 2.75) is 38.7 Å². The van der Waals surface area contributed by atoms with Crippen LogP contribution in [0.5, 0.6) is 0 Å². The molecule has 1 fully saturated rings. The van der Waals surface area contributed by atoms with Crippen LogP contribution >= 0.6 is 24.0 Å². The lowest BCUT2D eigenvalue weighted by molar-refractivity contribution is 0.0437. The second-order valence-electron chi connectivity index (χ2n) is 5.61. The summed E-state index contributed by atoms with van der Waals surface area (Å²) in [5, 5.41) is 16.9. The zero-order valence-electron chi connectivity index (χ0n) is 12.8. The summed E-state index contributed by atoms with van der Waals surface area (Å²) in [6, 6.07) is 3.54. The third-order valence-electron chi connectivity index (χ3n) is 3.48. The van der Waals surface area contributed by atoms with E-state index in [2.05, 4.69) is 15.6 Å². The van der Waals surface area contributed by atoms with Crippen LogP contribution in [0.1, 0.15) is 38.9 Å². The van der Waals surface area contributed by atoms with Crippen LogP contribution in [0.25, 0.3) is 0 Å². The predicted molar refractivity (Wildman–Crippen MR) is 95.0 cm³/mol. The van der Waals surface area contributed by atoms with E-state index in [1.807, 2.05) is 6.92 Å². The van der Waals surface area contributed by atoms with E-state index >= 15 is 0 Å². The molecule has 0 amide bonds. The Hall–Kier alpha value is -0.760. The molecule has 1 aliphatic rings. The van der Waals surface area contributed by atoms with Crippen molar-refractivity contribution in [3.8, 4) is 0 Å². The summed E-state index contributed by atoms with van der Waals surface area (Å²) in [6.07, 6.45) is 5.48. The Morgan fingerprint density at radius 1 is 1.48 bits per heavy atom. The maximum atomic E-state index is 10.4. The van der Waals surface area contributed by atoms with Crippen LogP contribution in [0.2, 0.25) is 0 Å². The Kier molecular flexibility index (Phi) is 7.51. The van der Waals surface area contributed by atoms with E-state index in [1.54, 1.807) is 25.3 Å². The fourth-order valence-corrected chi connectivity index (χ4v) is 2.04. The smallest absolute Gasteiger partial charge is 0.191 e. The lowest BCUT2D eigenvalue weighted by atomic mass is 10.0. The zero-order chi connectivity index (χ0) is 14.4. The van der Waals surface area contributed by atoms with Crippen LogP contribution < -0.4 is 10.6 Å². The van der Waals surface area contributed by atoms with Crippen LogP contribution in [0.3, 0.4) is 0 Å². The van der Waals surface area contributed by atoms with Crippen molar-refractivity contribution in [3.05, 3.63) is 24.2 Å². The van der Waals surface area contributed by atoms with Gasteiger partial charge in [0.2, 0.25) is 0 Å². The molecule has 0 aliphatic heterocycles. The third kappa shape index (κ3) is 6.25. The summed E-state index contributed by atoms with van der Waals surface area (Å²) in [5.41, 5.74) is -1.08. The van der Waals surface area contributed by atoms with Gasteiger partial charge in [-0.15, -0.1) is 24.0 Å². The van der Waals surface area contributed by atoms with Gasteiger partial charge in [0.25, 0.3) is 0 Å². The monoisotopic (exact) mass is 407 g/mol. The highest BCUT2D eigenvalue weighted by Crippen LogP contribution is 2.31. The minimum absolute atomic E-state index is 0. The fourth-order valence-electron chi connectivity index (χ4n) is 2.04. The van der Waals surface area contributed by atoms with E-state index in [0.29, 0.717) is 5.76 Å². The molecule has 0 saturated heterocycles. The highest BCUT2D eigenvalue weighted by molar-refractivity contribution is 14.0. The largest absolute Gasteiger partial charge is 0.466 e. The topological polar surface area (TPSA) is 69.8 Å². The lowest BCUT2D eigenvalue weighted by Gasteiger charge is -2.19. The number of rotatable bonds is 7. The van der Waals surface area contributed by atoms with Crippen molar-refractivity contribution in [2.75, 3.05) is 19.6 Å². The Morgan fingerprint density at radius 3 is 2.81 bits per heavy atom. The van der Waals surface area contributed by atoms with Gasteiger partial charge in [0.1, 0.15) is 11.4 Å². The maximum Gasteiger partial charge on any atom is 0.191 e. The number of halogens is 1. The molecule has 0 bridgehead atoms. The van der Waals surface area contributed by atoms with Gasteiger partial charge in [-0.2, -0.15) is 0 Å². The fraction of sp³-hybridized carbons (Fsp3) is 0.667. The molecule has 21 heavy (non-hydrogen) atoms. The molecule has 1 atom stereocenters. The summed E-state index contributed by atoms with van der Waals surface area (Å²) in [4.78, 5) is 4.44. The summed E-state index contributed by atoms with van der Waals surface area (Å²) in [5.74, 6) is 2.19. The Balaban J connectivity index is 0.00000220. The molecular formula is C15H26IN3O2. The molecule has 2 rings (SSSR count). The SMILES string of the molecule is CCNC(=NCC(C)(O)c1ccco1)NCCC1CC1.I. The van der Waals surface area contributed by atoms with E-state index in [0.717, 1.165) is 25.0 Å². The van der Waals surface area contributed by atoms with Gasteiger partial charge >= 0.3 is 0 Å². The molecule has 0 aromatic carbocycles. The van der Waals surface area contributed by atoms with Gasteiger partial charge in [-0.1, -0.05) is 12.8 Å². The molecule has 1 aromatic heterocycles. The molecule has 5 nitrogen and oxygen atoms in total. The van der Waals surface area contributed by atoms with Crippen molar-refractivity contribution in [3.63, 3.8) is 0 Å². The third-order valence-corrected chi connectivity index (χ3v) is 3.48. The number of aliphatic hydroxyl groups is 1. The second kappa shape index (κ2) is 8.63. The number of nitrogens with zero attached hydrogens (tertiary/aromatic N) is 1. The van der Waals surface area contributed by atoms with Gasteiger partial charge in [-0.3, -0.25) is 0 Å². The van der Waals surface area contributed by atoms with Crippen molar-refractivity contribution < 1.29 is 9.52 Å². The summed E-state index contributed by atoms with van der Waals surface area (Å²) in [7, 11) is 0. The van der Waals surface area contributed by atoms with E-state index in [4.69, 9.17) is 4.42 Å². The van der Waals surface area contributed by atoms with Crippen LogP contribution in [-0.2, 0) is 5.60 Å². The van der Waals surface area contributed by atoms with E-state index in [-0.39, 0.29) is 30.5 Å². The van der Waals surface area contributed by atoms with Crippen molar-refractivity contribution >= 4 is 29.9 Å². The molecule has 0 spiro atoms. The van der Waals surface area contributed by atoms with Gasteiger partial charge < -0.3 is 20.2 Å². The highest BCUT2D eigenvalue weighted by Gasteiger charge is 2.26. The molecular weight excluding hydrogens is 381 g/mol. The first-order valence-electron chi connectivity index (χ1n) is 7.40. The first-order chi connectivity index (χ1) is 9.62. The quantitative estimate of drug-likeness (QED) is 0.369. The average Bonchev–Trinajstić information content (AvgIpc) is 3.06. The molecule has 1 unspecified atom stereocenters. The molecule has 6 heteroatoms. The number of hydrogen-bond donors (Lipinski definition) is 3. The Morgan fingerprint density at radius 2 is 2.24 bits per heavy atom. The van der Waals surface area contributed by atoms with Crippen LogP contribution in [0.15, 0.2) is 27.8 Å². The number of guanidine groups is 1. The highest BCUT2D eigenvalue weighted by atomic mass is 127. The van der Waals surface area contributed by atoms with Crippen LogP contribution in [0.4, 0.5) is 0 Å². The number of hydrogen-bond acceptors (Lipinski definition) is 3. The first-order valence-corrected chi connectivity index (χ1v) is 7.40. The Bertz CT molecular complexity index is 428. The zero-order valence-corrected chi connectivity index (χ0v) is 15.1. The number of furan rings is 1. The summed E-state index contributed by atoms with van der Waals surface area (Å²) in [6.45, 7) is 5.74. The van der Waals surface area contributed by atoms with Crippen molar-refractivity contribution in [1.82, 2.24) is 10.6 Å². The molecule has 1 saturated carbocycles.